The Hall–Kier alpha value is -1.66. The summed E-state index contributed by atoms with van der Waals surface area (Å²) in [6, 6.07) is -0.707. The first kappa shape index (κ1) is 52.3. The topological polar surface area (TPSA) is 95.9 Å². The average Bonchev–Trinajstić information content (AvgIpc) is 3.16. The number of unbranched alkanes of at least 4 members (excludes halogenated alkanes) is 26. The van der Waals surface area contributed by atoms with E-state index < -0.39 is 18.2 Å². The van der Waals surface area contributed by atoms with Gasteiger partial charge >= 0.3 is 5.97 Å². The number of hydrogen-bond acceptors (Lipinski definition) is 5. The van der Waals surface area contributed by atoms with Gasteiger partial charge in [0, 0.05) is 6.42 Å². The fourth-order valence-electron chi connectivity index (χ4n) is 7.13. The van der Waals surface area contributed by atoms with E-state index in [0.717, 1.165) is 64.2 Å². The first-order valence-electron chi connectivity index (χ1n) is 23.6. The SMILES string of the molecule is CCCCCCCC/C=C\CCCCCC(=O)OC(CCC/C=C\CCCCCCCC)CC(=O)NC(CO)C(O)CCCCCCCCCCCCC. The molecule has 0 saturated heterocycles. The van der Waals surface area contributed by atoms with E-state index in [1.54, 1.807) is 0 Å². The van der Waals surface area contributed by atoms with E-state index in [1.807, 2.05) is 0 Å². The second kappa shape index (κ2) is 42.5. The molecule has 1 amide bonds. The van der Waals surface area contributed by atoms with E-state index in [-0.39, 0.29) is 24.9 Å². The largest absolute Gasteiger partial charge is 0.462 e. The second-order valence-electron chi connectivity index (χ2n) is 16.2. The van der Waals surface area contributed by atoms with Gasteiger partial charge in [-0.3, -0.25) is 9.59 Å². The molecule has 0 aromatic rings. The minimum absolute atomic E-state index is 0.0538. The molecule has 0 radical (unpaired) electrons. The van der Waals surface area contributed by atoms with Gasteiger partial charge in [-0.2, -0.15) is 0 Å². The molecule has 3 atom stereocenters. The molecule has 0 aliphatic heterocycles. The van der Waals surface area contributed by atoms with Crippen molar-refractivity contribution in [2.75, 3.05) is 6.61 Å². The third-order valence-electron chi connectivity index (χ3n) is 10.8. The molecule has 0 aliphatic carbocycles. The Kier molecular flexibility index (Phi) is 41.2. The van der Waals surface area contributed by atoms with Gasteiger partial charge in [0.1, 0.15) is 6.10 Å². The van der Waals surface area contributed by atoms with E-state index in [2.05, 4.69) is 50.4 Å². The highest BCUT2D eigenvalue weighted by Gasteiger charge is 2.24. The molecule has 6 heteroatoms. The van der Waals surface area contributed by atoms with Crippen molar-refractivity contribution in [2.24, 2.45) is 0 Å². The molecule has 0 heterocycles. The minimum Gasteiger partial charge on any atom is -0.462 e. The maximum atomic E-state index is 13.1. The van der Waals surface area contributed by atoms with Crippen LogP contribution < -0.4 is 5.32 Å². The first-order chi connectivity index (χ1) is 26.5. The molecule has 0 rings (SSSR count). The zero-order valence-electron chi connectivity index (χ0n) is 36.1. The number of esters is 1. The number of hydrogen-bond donors (Lipinski definition) is 3. The van der Waals surface area contributed by atoms with Crippen LogP contribution in [0.5, 0.6) is 0 Å². The molecular formula is C48H91NO5. The van der Waals surface area contributed by atoms with Gasteiger partial charge in [-0.05, 0) is 70.6 Å². The predicted octanol–water partition coefficient (Wildman–Crippen LogP) is 13.6. The Bertz CT molecular complexity index is 858. The standard InChI is InChI=1S/C48H91NO5/c1-4-7-10-13-16-19-22-23-26-29-32-35-38-41-48(53)54-44(39-36-33-30-27-24-20-17-14-11-8-5-2)42-47(52)49-45(43-50)46(51)40-37-34-31-28-25-21-18-15-12-9-6-3/h23,26-27,30,44-46,50-51H,4-22,24-25,28-29,31-43H2,1-3H3,(H,49,52)/b26-23-,30-27-. The van der Waals surface area contributed by atoms with Crippen LogP contribution in [0, 0.1) is 0 Å². The number of allylic oxidation sites excluding steroid dienone is 4. The lowest BCUT2D eigenvalue weighted by molar-refractivity contribution is -0.151. The fraction of sp³-hybridized carbons (Fsp3) is 0.875. The van der Waals surface area contributed by atoms with Crippen LogP contribution in [-0.2, 0) is 14.3 Å². The normalized spacial score (nSPS) is 13.5. The van der Waals surface area contributed by atoms with Gasteiger partial charge in [-0.1, -0.05) is 186 Å². The number of amides is 1. The lowest BCUT2D eigenvalue weighted by Crippen LogP contribution is -2.46. The number of nitrogens with one attached hydrogen (secondary N) is 1. The van der Waals surface area contributed by atoms with Crippen LogP contribution in [-0.4, -0.2) is 46.9 Å². The molecule has 0 aromatic carbocycles. The van der Waals surface area contributed by atoms with Crippen molar-refractivity contribution in [1.29, 1.82) is 0 Å². The minimum atomic E-state index is -0.791. The molecule has 0 saturated carbocycles. The molecule has 3 unspecified atom stereocenters. The molecule has 3 N–H and O–H groups in total. The number of aliphatic hydroxyl groups excluding tert-OH is 2. The lowest BCUT2D eigenvalue weighted by Gasteiger charge is -2.24. The summed E-state index contributed by atoms with van der Waals surface area (Å²) in [7, 11) is 0. The van der Waals surface area contributed by atoms with Crippen molar-refractivity contribution in [1.82, 2.24) is 5.32 Å². The number of carbonyl (C=O) groups is 2. The average molecular weight is 762 g/mol. The summed E-state index contributed by atoms with van der Waals surface area (Å²) in [5.74, 6) is -0.517. The predicted molar refractivity (Wildman–Crippen MR) is 232 cm³/mol. The fourth-order valence-corrected chi connectivity index (χ4v) is 7.13. The van der Waals surface area contributed by atoms with Crippen LogP contribution in [0.2, 0.25) is 0 Å². The van der Waals surface area contributed by atoms with E-state index >= 15 is 0 Å². The van der Waals surface area contributed by atoms with Gasteiger partial charge in [0.25, 0.3) is 0 Å². The van der Waals surface area contributed by atoms with E-state index in [0.29, 0.717) is 19.3 Å². The zero-order chi connectivity index (χ0) is 39.6. The summed E-state index contributed by atoms with van der Waals surface area (Å²) in [5.41, 5.74) is 0. The Morgan fingerprint density at radius 2 is 0.907 bits per heavy atom. The molecule has 0 aliphatic rings. The van der Waals surface area contributed by atoms with Crippen molar-refractivity contribution in [3.63, 3.8) is 0 Å². The Balaban J connectivity index is 4.61. The number of carbonyl (C=O) groups excluding carboxylic acids is 2. The summed E-state index contributed by atoms with van der Waals surface area (Å²) in [6.07, 6.45) is 46.7. The second-order valence-corrected chi connectivity index (χ2v) is 16.2. The van der Waals surface area contributed by atoms with Crippen molar-refractivity contribution in [3.8, 4) is 0 Å². The molecule has 318 valence electrons. The van der Waals surface area contributed by atoms with Gasteiger partial charge in [0.2, 0.25) is 5.91 Å². The summed E-state index contributed by atoms with van der Waals surface area (Å²) < 4.78 is 5.88. The third kappa shape index (κ3) is 37.3. The number of aliphatic hydroxyl groups is 2. The highest BCUT2D eigenvalue weighted by Crippen LogP contribution is 2.17. The van der Waals surface area contributed by atoms with Crippen LogP contribution in [0.3, 0.4) is 0 Å². The molecule has 0 aromatic heterocycles. The van der Waals surface area contributed by atoms with Crippen molar-refractivity contribution in [3.05, 3.63) is 24.3 Å². The number of ether oxygens (including phenoxy) is 1. The van der Waals surface area contributed by atoms with Crippen LogP contribution in [0.25, 0.3) is 0 Å². The Labute approximate surface area is 335 Å². The summed E-state index contributed by atoms with van der Waals surface area (Å²) in [4.78, 5) is 26.0. The van der Waals surface area contributed by atoms with E-state index in [9.17, 15) is 19.8 Å². The van der Waals surface area contributed by atoms with Crippen LogP contribution in [0.1, 0.15) is 245 Å². The Morgan fingerprint density at radius 1 is 0.519 bits per heavy atom. The maximum absolute atomic E-state index is 13.1. The summed E-state index contributed by atoms with van der Waals surface area (Å²) in [5, 5.41) is 23.6. The Morgan fingerprint density at radius 3 is 1.35 bits per heavy atom. The molecular weight excluding hydrogens is 671 g/mol. The van der Waals surface area contributed by atoms with Crippen LogP contribution >= 0.6 is 0 Å². The van der Waals surface area contributed by atoms with Crippen molar-refractivity contribution < 1.29 is 24.5 Å². The lowest BCUT2D eigenvalue weighted by atomic mass is 10.0. The highest BCUT2D eigenvalue weighted by molar-refractivity contribution is 5.77. The smallest absolute Gasteiger partial charge is 0.306 e. The highest BCUT2D eigenvalue weighted by atomic mass is 16.5. The van der Waals surface area contributed by atoms with Gasteiger partial charge in [-0.15, -0.1) is 0 Å². The van der Waals surface area contributed by atoms with Crippen LogP contribution in [0.15, 0.2) is 24.3 Å². The molecule has 0 fully saturated rings. The first-order valence-corrected chi connectivity index (χ1v) is 23.6. The van der Waals surface area contributed by atoms with E-state index in [4.69, 9.17) is 4.74 Å². The molecule has 0 spiro atoms. The van der Waals surface area contributed by atoms with E-state index in [1.165, 1.54) is 135 Å². The maximum Gasteiger partial charge on any atom is 0.306 e. The molecule has 6 nitrogen and oxygen atoms in total. The molecule has 0 bridgehead atoms. The van der Waals surface area contributed by atoms with Gasteiger partial charge < -0.3 is 20.3 Å². The van der Waals surface area contributed by atoms with Crippen LogP contribution in [0.4, 0.5) is 0 Å². The monoisotopic (exact) mass is 762 g/mol. The van der Waals surface area contributed by atoms with Crippen molar-refractivity contribution >= 4 is 11.9 Å². The van der Waals surface area contributed by atoms with Gasteiger partial charge in [-0.25, -0.2) is 0 Å². The summed E-state index contributed by atoms with van der Waals surface area (Å²) >= 11 is 0. The third-order valence-corrected chi connectivity index (χ3v) is 10.8. The summed E-state index contributed by atoms with van der Waals surface area (Å²) in [6.45, 7) is 6.44. The number of rotatable bonds is 42. The van der Waals surface area contributed by atoms with Gasteiger partial charge in [0.15, 0.2) is 0 Å². The molecule has 54 heavy (non-hydrogen) atoms. The zero-order valence-corrected chi connectivity index (χ0v) is 36.1. The van der Waals surface area contributed by atoms with Gasteiger partial charge in [0.05, 0.1) is 25.2 Å². The van der Waals surface area contributed by atoms with Crippen molar-refractivity contribution in [2.45, 2.75) is 264 Å². The quantitative estimate of drug-likeness (QED) is 0.0327.